The summed E-state index contributed by atoms with van der Waals surface area (Å²) in [7, 11) is -3.42. The van der Waals surface area contributed by atoms with Crippen LogP contribution in [-0.4, -0.2) is 32.5 Å². The molecule has 2 amide bonds. The fourth-order valence-corrected chi connectivity index (χ4v) is 4.84. The molecular formula is C18H20ClN3O5S. The molecule has 150 valence electrons. The van der Waals surface area contributed by atoms with Gasteiger partial charge in [0.15, 0.2) is 0 Å². The van der Waals surface area contributed by atoms with Crippen molar-refractivity contribution in [3.63, 3.8) is 0 Å². The number of hydrogen-bond acceptors (Lipinski definition) is 5. The maximum Gasteiger partial charge on any atom is 0.313 e. The first-order valence-electron chi connectivity index (χ1n) is 8.62. The highest BCUT2D eigenvalue weighted by Gasteiger charge is 2.30. The Morgan fingerprint density at radius 2 is 1.96 bits per heavy atom. The number of hydrogen-bond donors (Lipinski definition) is 2. The van der Waals surface area contributed by atoms with Crippen molar-refractivity contribution in [1.29, 1.82) is 0 Å². The van der Waals surface area contributed by atoms with Gasteiger partial charge in [0.1, 0.15) is 11.5 Å². The molecule has 0 spiro atoms. The number of amides is 2. The van der Waals surface area contributed by atoms with E-state index in [1.54, 1.807) is 19.9 Å². The van der Waals surface area contributed by atoms with Crippen molar-refractivity contribution in [1.82, 2.24) is 5.32 Å². The van der Waals surface area contributed by atoms with Gasteiger partial charge in [0.2, 0.25) is 10.0 Å². The molecular weight excluding hydrogens is 406 g/mol. The van der Waals surface area contributed by atoms with Crippen molar-refractivity contribution in [2.24, 2.45) is 0 Å². The van der Waals surface area contributed by atoms with E-state index in [1.807, 2.05) is 0 Å². The lowest BCUT2D eigenvalue weighted by atomic mass is 10.2. The quantitative estimate of drug-likeness (QED) is 0.731. The van der Waals surface area contributed by atoms with Crippen LogP contribution in [-0.2, 0) is 26.2 Å². The van der Waals surface area contributed by atoms with Crippen molar-refractivity contribution in [2.45, 2.75) is 26.8 Å². The largest absolute Gasteiger partial charge is 0.466 e. The van der Waals surface area contributed by atoms with Crippen LogP contribution in [0.25, 0.3) is 0 Å². The molecule has 0 bridgehead atoms. The van der Waals surface area contributed by atoms with Gasteiger partial charge in [0.05, 0.1) is 16.5 Å². The number of sulfonamides is 1. The molecule has 2 aromatic rings. The van der Waals surface area contributed by atoms with Gasteiger partial charge in [-0.05, 0) is 44.5 Å². The molecule has 0 aliphatic carbocycles. The Labute approximate surface area is 167 Å². The van der Waals surface area contributed by atoms with Crippen molar-refractivity contribution in [3.05, 3.63) is 46.4 Å². The van der Waals surface area contributed by atoms with E-state index in [2.05, 4.69) is 10.6 Å². The summed E-state index contributed by atoms with van der Waals surface area (Å²) < 4.78 is 30.8. The molecule has 1 fully saturated rings. The van der Waals surface area contributed by atoms with Crippen molar-refractivity contribution < 1.29 is 22.4 Å². The number of halogens is 1. The molecule has 0 unspecified atom stereocenters. The third-order valence-corrected chi connectivity index (χ3v) is 6.54. The number of aryl methyl sites for hydroxylation is 2. The average molecular weight is 426 g/mol. The normalized spacial score (nSPS) is 15.5. The minimum absolute atomic E-state index is 0.0508. The second kappa shape index (κ2) is 7.84. The summed E-state index contributed by atoms with van der Waals surface area (Å²) in [6, 6.07) is 6.22. The Morgan fingerprint density at radius 3 is 2.57 bits per heavy atom. The Balaban J connectivity index is 1.67. The average Bonchev–Trinajstić information content (AvgIpc) is 3.14. The SMILES string of the molecule is Cc1cc(CNC(=O)C(=O)Nc2ccc(Cl)c(N3CCCS3(=O)=O)c2)c(C)o1. The van der Waals surface area contributed by atoms with Crippen LogP contribution in [0.3, 0.4) is 0 Å². The van der Waals surface area contributed by atoms with Crippen LogP contribution in [0.15, 0.2) is 28.7 Å². The van der Waals surface area contributed by atoms with Gasteiger partial charge in [0.25, 0.3) is 0 Å². The van der Waals surface area contributed by atoms with Crippen LogP contribution in [0, 0.1) is 13.8 Å². The van der Waals surface area contributed by atoms with Gasteiger partial charge in [-0.25, -0.2) is 8.42 Å². The van der Waals surface area contributed by atoms with E-state index in [0.717, 1.165) is 11.3 Å². The maximum atomic E-state index is 12.2. The van der Waals surface area contributed by atoms with Gasteiger partial charge in [-0.1, -0.05) is 11.6 Å². The van der Waals surface area contributed by atoms with E-state index in [9.17, 15) is 18.0 Å². The van der Waals surface area contributed by atoms with Crippen molar-refractivity contribution in [2.75, 3.05) is 21.9 Å². The molecule has 0 saturated carbocycles. The van der Waals surface area contributed by atoms with E-state index >= 15 is 0 Å². The summed E-state index contributed by atoms with van der Waals surface area (Å²) in [6.07, 6.45) is 0.505. The first kappa shape index (κ1) is 20.2. The lowest BCUT2D eigenvalue weighted by molar-refractivity contribution is -0.136. The zero-order valence-electron chi connectivity index (χ0n) is 15.4. The zero-order chi connectivity index (χ0) is 20.5. The number of rotatable bonds is 4. The number of nitrogens with zero attached hydrogens (tertiary/aromatic N) is 1. The molecule has 28 heavy (non-hydrogen) atoms. The van der Waals surface area contributed by atoms with Crippen molar-refractivity contribution >= 4 is 44.8 Å². The van der Waals surface area contributed by atoms with E-state index in [-0.39, 0.29) is 28.7 Å². The van der Waals surface area contributed by atoms with Gasteiger partial charge < -0.3 is 15.1 Å². The third kappa shape index (κ3) is 4.31. The molecule has 1 aromatic carbocycles. The Morgan fingerprint density at radius 1 is 1.21 bits per heavy atom. The molecule has 1 aliphatic heterocycles. The molecule has 0 radical (unpaired) electrons. The minimum atomic E-state index is -3.42. The summed E-state index contributed by atoms with van der Waals surface area (Å²) in [5.74, 6) is -0.238. The number of carbonyl (C=O) groups is 2. The second-order valence-electron chi connectivity index (χ2n) is 6.48. The van der Waals surface area contributed by atoms with Gasteiger partial charge >= 0.3 is 11.8 Å². The van der Waals surface area contributed by atoms with Gasteiger partial charge in [-0.3, -0.25) is 13.9 Å². The molecule has 3 rings (SSSR count). The van der Waals surface area contributed by atoms with Crippen LogP contribution in [0.5, 0.6) is 0 Å². The third-order valence-electron chi connectivity index (χ3n) is 4.36. The lowest BCUT2D eigenvalue weighted by Gasteiger charge is -2.19. The van der Waals surface area contributed by atoms with Crippen molar-refractivity contribution in [3.8, 4) is 0 Å². The van der Waals surface area contributed by atoms with Crippen LogP contribution in [0.4, 0.5) is 11.4 Å². The van der Waals surface area contributed by atoms with E-state index < -0.39 is 21.8 Å². The maximum absolute atomic E-state index is 12.2. The lowest BCUT2D eigenvalue weighted by Crippen LogP contribution is -2.35. The number of anilines is 2. The number of nitrogens with one attached hydrogen (secondary N) is 2. The Kier molecular flexibility index (Phi) is 5.66. The smallest absolute Gasteiger partial charge is 0.313 e. The highest BCUT2D eigenvalue weighted by Crippen LogP contribution is 2.33. The molecule has 1 saturated heterocycles. The second-order valence-corrected chi connectivity index (χ2v) is 8.90. The highest BCUT2D eigenvalue weighted by atomic mass is 35.5. The summed E-state index contributed by atoms with van der Waals surface area (Å²) >= 11 is 6.13. The van der Waals surface area contributed by atoms with Crippen LogP contribution >= 0.6 is 11.6 Å². The fourth-order valence-electron chi connectivity index (χ4n) is 2.99. The van der Waals surface area contributed by atoms with Crippen LogP contribution in [0.2, 0.25) is 5.02 Å². The minimum Gasteiger partial charge on any atom is -0.466 e. The van der Waals surface area contributed by atoms with Crippen LogP contribution < -0.4 is 14.9 Å². The first-order valence-corrected chi connectivity index (χ1v) is 10.6. The van der Waals surface area contributed by atoms with E-state index in [0.29, 0.717) is 18.7 Å². The number of carbonyl (C=O) groups excluding carboxylic acids is 2. The molecule has 1 aromatic heterocycles. The fraction of sp³-hybridized carbons (Fsp3) is 0.333. The summed E-state index contributed by atoms with van der Waals surface area (Å²) in [4.78, 5) is 24.2. The van der Waals surface area contributed by atoms with Crippen LogP contribution in [0.1, 0.15) is 23.5 Å². The number of furan rings is 1. The summed E-state index contributed by atoms with van der Waals surface area (Å²) in [5.41, 5.74) is 1.34. The molecule has 10 heteroatoms. The van der Waals surface area contributed by atoms with Gasteiger partial charge in [0, 0.05) is 24.3 Å². The molecule has 0 atom stereocenters. The predicted octanol–water partition coefficient (Wildman–Crippen LogP) is 2.34. The van der Waals surface area contributed by atoms with E-state index in [1.165, 1.54) is 22.5 Å². The molecule has 2 N–H and O–H groups in total. The Hall–Kier alpha value is -2.52. The highest BCUT2D eigenvalue weighted by molar-refractivity contribution is 7.93. The van der Waals surface area contributed by atoms with Gasteiger partial charge in [-0.15, -0.1) is 0 Å². The van der Waals surface area contributed by atoms with E-state index in [4.69, 9.17) is 16.0 Å². The zero-order valence-corrected chi connectivity index (χ0v) is 17.0. The summed E-state index contributed by atoms with van der Waals surface area (Å²) in [6.45, 7) is 4.05. The monoisotopic (exact) mass is 425 g/mol. The predicted molar refractivity (Wildman–Crippen MR) is 106 cm³/mol. The molecule has 1 aliphatic rings. The Bertz CT molecular complexity index is 1030. The number of benzene rings is 1. The molecule has 2 heterocycles. The topological polar surface area (TPSA) is 109 Å². The standard InChI is InChI=1S/C18H20ClN3O5S/c1-11-8-13(12(2)27-11)10-20-17(23)18(24)21-14-4-5-15(19)16(9-14)22-6-3-7-28(22,25)26/h4-5,8-9H,3,6-7,10H2,1-2H3,(H,20,23)(H,21,24). The first-order chi connectivity index (χ1) is 13.2. The summed E-state index contributed by atoms with van der Waals surface area (Å²) in [5, 5.41) is 5.23. The molecule has 8 nitrogen and oxygen atoms in total. The van der Waals surface area contributed by atoms with Gasteiger partial charge in [-0.2, -0.15) is 0 Å².